The van der Waals surface area contributed by atoms with Crippen LogP contribution in [-0.4, -0.2) is 24.2 Å². The third-order valence-corrected chi connectivity index (χ3v) is 4.40. The van der Waals surface area contributed by atoms with Crippen LogP contribution in [0.2, 0.25) is 5.02 Å². The summed E-state index contributed by atoms with van der Waals surface area (Å²) < 4.78 is 11.2. The van der Waals surface area contributed by atoms with E-state index in [1.165, 1.54) is 4.90 Å². The Bertz CT molecular complexity index is 897. The highest BCUT2D eigenvalue weighted by atomic mass is 35.5. The summed E-state index contributed by atoms with van der Waals surface area (Å²) in [7, 11) is 0. The minimum Gasteiger partial charge on any atom is -0.494 e. The second-order valence-corrected chi connectivity index (χ2v) is 6.49. The second-order valence-electron chi connectivity index (χ2n) is 5.67. The van der Waals surface area contributed by atoms with E-state index in [-0.39, 0.29) is 5.91 Å². The van der Waals surface area contributed by atoms with Crippen molar-refractivity contribution < 1.29 is 14.3 Å². The van der Waals surface area contributed by atoms with Crippen molar-refractivity contribution >= 4 is 46.6 Å². The van der Waals surface area contributed by atoms with E-state index in [0.717, 1.165) is 5.56 Å². The summed E-state index contributed by atoms with van der Waals surface area (Å²) in [5, 5.41) is 3.88. The molecule has 2 aromatic carbocycles. The van der Waals surface area contributed by atoms with Crippen molar-refractivity contribution in [3.8, 4) is 11.5 Å². The van der Waals surface area contributed by atoms with Gasteiger partial charge in [-0.3, -0.25) is 9.69 Å². The average Bonchev–Trinajstić information content (AvgIpc) is 2.92. The molecule has 7 heteroatoms. The van der Waals surface area contributed by atoms with Crippen molar-refractivity contribution in [1.29, 1.82) is 0 Å². The first-order chi connectivity index (χ1) is 13.0. The van der Waals surface area contributed by atoms with Gasteiger partial charge in [0.1, 0.15) is 17.2 Å². The van der Waals surface area contributed by atoms with Crippen molar-refractivity contribution in [1.82, 2.24) is 5.32 Å². The van der Waals surface area contributed by atoms with Crippen molar-refractivity contribution in [3.63, 3.8) is 0 Å². The lowest BCUT2D eigenvalue weighted by Crippen LogP contribution is -2.30. The molecule has 1 saturated heterocycles. The number of ether oxygens (including phenoxy) is 2. The molecule has 2 aromatic rings. The van der Waals surface area contributed by atoms with E-state index in [4.69, 9.17) is 33.3 Å². The van der Waals surface area contributed by atoms with Crippen LogP contribution in [0, 0.1) is 0 Å². The number of amides is 1. The van der Waals surface area contributed by atoms with E-state index in [0.29, 0.717) is 46.2 Å². The number of hydrogen-bond donors (Lipinski definition) is 1. The summed E-state index contributed by atoms with van der Waals surface area (Å²) in [5.74, 6) is 1.12. The Hall–Kier alpha value is -2.57. The number of halogens is 1. The van der Waals surface area contributed by atoms with Crippen LogP contribution in [-0.2, 0) is 4.79 Å². The number of anilines is 1. The molecular formula is C20H19ClN2O3S. The van der Waals surface area contributed by atoms with Gasteiger partial charge in [0.2, 0.25) is 0 Å². The zero-order valence-corrected chi connectivity index (χ0v) is 16.6. The zero-order chi connectivity index (χ0) is 19.4. The van der Waals surface area contributed by atoms with Crippen LogP contribution in [0.15, 0.2) is 48.2 Å². The lowest BCUT2D eigenvalue weighted by atomic mass is 10.1. The van der Waals surface area contributed by atoms with Gasteiger partial charge in [-0.1, -0.05) is 11.6 Å². The maximum Gasteiger partial charge on any atom is 0.281 e. The van der Waals surface area contributed by atoms with Crippen LogP contribution in [0.1, 0.15) is 19.4 Å². The number of thiocarbonyl (C=S) groups is 1. The monoisotopic (exact) mass is 402 g/mol. The molecular weight excluding hydrogens is 384 g/mol. The topological polar surface area (TPSA) is 50.8 Å². The number of nitrogens with zero attached hydrogens (tertiary/aromatic N) is 1. The fourth-order valence-corrected chi connectivity index (χ4v) is 3.11. The van der Waals surface area contributed by atoms with Gasteiger partial charge in [0, 0.05) is 16.7 Å². The third kappa shape index (κ3) is 4.23. The van der Waals surface area contributed by atoms with Crippen LogP contribution < -0.4 is 19.7 Å². The minimum absolute atomic E-state index is 0.237. The number of hydrogen-bond acceptors (Lipinski definition) is 4. The molecule has 27 heavy (non-hydrogen) atoms. The quantitative estimate of drug-likeness (QED) is 0.573. The summed E-state index contributed by atoms with van der Waals surface area (Å²) in [6.45, 7) is 4.89. The summed E-state index contributed by atoms with van der Waals surface area (Å²) in [6, 6.07) is 12.4. The van der Waals surface area contributed by atoms with Crippen molar-refractivity contribution in [2.45, 2.75) is 13.8 Å². The largest absolute Gasteiger partial charge is 0.494 e. The Labute approximate surface area is 168 Å². The smallest absolute Gasteiger partial charge is 0.281 e. The van der Waals surface area contributed by atoms with Gasteiger partial charge >= 0.3 is 0 Å². The molecule has 1 heterocycles. The van der Waals surface area contributed by atoms with Gasteiger partial charge in [0.05, 0.1) is 18.9 Å². The van der Waals surface area contributed by atoms with Gasteiger partial charge in [-0.25, -0.2) is 0 Å². The number of nitrogens with one attached hydrogen (secondary N) is 1. The zero-order valence-electron chi connectivity index (χ0n) is 15.0. The number of rotatable bonds is 6. The molecule has 0 radical (unpaired) electrons. The fraction of sp³-hybridized carbons (Fsp3) is 0.200. The molecule has 3 rings (SSSR count). The standard InChI is InChI=1S/C20H19ClN2O3S/c1-3-25-16-10-5-13(18(12-16)26-4-2)11-17-19(24)23(20(27)22-17)15-8-6-14(21)7-9-15/h5-12H,3-4H2,1-2H3,(H,22,27)/b17-11+. The molecule has 0 aromatic heterocycles. The van der Waals surface area contributed by atoms with E-state index in [2.05, 4.69) is 5.32 Å². The maximum absolute atomic E-state index is 12.9. The predicted molar refractivity (Wildman–Crippen MR) is 111 cm³/mol. The summed E-state index contributed by atoms with van der Waals surface area (Å²) in [4.78, 5) is 14.3. The molecule has 5 nitrogen and oxygen atoms in total. The van der Waals surface area contributed by atoms with Gasteiger partial charge in [0.15, 0.2) is 5.11 Å². The Morgan fingerprint density at radius 1 is 1.11 bits per heavy atom. The Kier molecular flexibility index (Phi) is 5.98. The molecule has 1 N–H and O–H groups in total. The molecule has 1 aliphatic heterocycles. The molecule has 0 aliphatic carbocycles. The van der Waals surface area contributed by atoms with Crippen LogP contribution in [0.3, 0.4) is 0 Å². The highest BCUT2D eigenvalue weighted by Gasteiger charge is 2.32. The molecule has 140 valence electrons. The normalized spacial score (nSPS) is 15.2. The number of carbonyl (C=O) groups excluding carboxylic acids is 1. The van der Waals surface area contributed by atoms with Crippen LogP contribution in [0.25, 0.3) is 6.08 Å². The highest BCUT2D eigenvalue weighted by Crippen LogP contribution is 2.29. The first-order valence-corrected chi connectivity index (χ1v) is 9.34. The van der Waals surface area contributed by atoms with Crippen molar-refractivity contribution in [2.24, 2.45) is 0 Å². The molecule has 1 amide bonds. The summed E-state index contributed by atoms with van der Waals surface area (Å²) >= 11 is 11.3. The lowest BCUT2D eigenvalue weighted by Gasteiger charge is -2.13. The van der Waals surface area contributed by atoms with E-state index < -0.39 is 0 Å². The summed E-state index contributed by atoms with van der Waals surface area (Å²) in [6.07, 6.45) is 1.73. The molecule has 1 aliphatic rings. The van der Waals surface area contributed by atoms with E-state index in [1.54, 1.807) is 30.3 Å². The summed E-state index contributed by atoms with van der Waals surface area (Å²) in [5.41, 5.74) is 1.79. The number of carbonyl (C=O) groups is 1. The lowest BCUT2D eigenvalue weighted by molar-refractivity contribution is -0.113. The molecule has 0 saturated carbocycles. The van der Waals surface area contributed by atoms with E-state index >= 15 is 0 Å². The SMILES string of the molecule is CCOc1ccc(/C=C2/NC(=S)N(c3ccc(Cl)cc3)C2=O)c(OCC)c1. The first kappa shape index (κ1) is 19.2. The van der Waals surface area contributed by atoms with Crippen LogP contribution in [0.5, 0.6) is 11.5 Å². The Balaban J connectivity index is 1.92. The van der Waals surface area contributed by atoms with E-state index in [1.807, 2.05) is 32.0 Å². The van der Waals surface area contributed by atoms with Crippen molar-refractivity contribution in [2.75, 3.05) is 18.1 Å². The second kappa shape index (κ2) is 8.41. The van der Waals surface area contributed by atoms with Gasteiger partial charge in [-0.05, 0) is 68.5 Å². The van der Waals surface area contributed by atoms with Crippen molar-refractivity contribution in [3.05, 3.63) is 58.7 Å². The molecule has 0 atom stereocenters. The van der Waals surface area contributed by atoms with Gasteiger partial charge in [0.25, 0.3) is 5.91 Å². The van der Waals surface area contributed by atoms with Crippen LogP contribution >= 0.6 is 23.8 Å². The van der Waals surface area contributed by atoms with E-state index in [9.17, 15) is 4.79 Å². The highest BCUT2D eigenvalue weighted by molar-refractivity contribution is 7.80. The molecule has 0 spiro atoms. The minimum atomic E-state index is -0.237. The Morgan fingerprint density at radius 3 is 2.48 bits per heavy atom. The van der Waals surface area contributed by atoms with Gasteiger partial charge in [-0.15, -0.1) is 0 Å². The van der Waals surface area contributed by atoms with Crippen LogP contribution in [0.4, 0.5) is 5.69 Å². The van der Waals surface area contributed by atoms with Gasteiger partial charge in [-0.2, -0.15) is 0 Å². The third-order valence-electron chi connectivity index (χ3n) is 3.86. The Morgan fingerprint density at radius 2 is 1.81 bits per heavy atom. The van der Waals surface area contributed by atoms with Gasteiger partial charge < -0.3 is 14.8 Å². The molecule has 1 fully saturated rings. The number of benzene rings is 2. The first-order valence-electron chi connectivity index (χ1n) is 8.55. The predicted octanol–water partition coefficient (Wildman–Crippen LogP) is 4.40. The maximum atomic E-state index is 12.9. The molecule has 0 bridgehead atoms. The molecule has 0 unspecified atom stereocenters. The average molecular weight is 403 g/mol. The fourth-order valence-electron chi connectivity index (χ4n) is 2.69.